The van der Waals surface area contributed by atoms with Gasteiger partial charge in [0.2, 0.25) is 4.80 Å². The number of aryl methyl sites for hydroxylation is 1. The van der Waals surface area contributed by atoms with E-state index in [9.17, 15) is 15.3 Å². The summed E-state index contributed by atoms with van der Waals surface area (Å²) in [5, 5.41) is 33.4. The van der Waals surface area contributed by atoms with Crippen LogP contribution in [0.15, 0.2) is 22.5 Å². The van der Waals surface area contributed by atoms with Crippen LogP contribution >= 0.6 is 11.3 Å². The Hall–Kier alpha value is -2.15. The number of aromatic hydroxyl groups is 3. The van der Waals surface area contributed by atoms with Crippen LogP contribution in [0.3, 0.4) is 0 Å². The summed E-state index contributed by atoms with van der Waals surface area (Å²) in [5.74, 6) is 0.750. The van der Waals surface area contributed by atoms with E-state index in [4.69, 9.17) is 4.99 Å². The van der Waals surface area contributed by atoms with Crippen molar-refractivity contribution in [3.05, 3.63) is 33.6 Å². The number of phenols is 3. The van der Waals surface area contributed by atoms with Crippen LogP contribution < -0.4 is 9.81 Å². The first-order valence-electron chi connectivity index (χ1n) is 9.46. The zero-order valence-corrected chi connectivity index (χ0v) is 17.2. The van der Waals surface area contributed by atoms with Gasteiger partial charge in [0.25, 0.3) is 0 Å². The summed E-state index contributed by atoms with van der Waals surface area (Å²) in [5.41, 5.74) is 1.61. The van der Waals surface area contributed by atoms with Crippen molar-refractivity contribution >= 4 is 11.3 Å². The van der Waals surface area contributed by atoms with Crippen LogP contribution in [0.5, 0.6) is 17.2 Å². The SMILES string of the molecule is CCC1CC(C)C(/N=c2\scc(C)n2N(C)Cc2cc(O)c(O)cc2O)C1. The van der Waals surface area contributed by atoms with E-state index < -0.39 is 0 Å². The van der Waals surface area contributed by atoms with E-state index in [1.807, 2.05) is 19.0 Å². The van der Waals surface area contributed by atoms with Crippen molar-refractivity contribution in [2.45, 2.75) is 52.6 Å². The predicted molar refractivity (Wildman–Crippen MR) is 108 cm³/mol. The molecule has 1 fully saturated rings. The van der Waals surface area contributed by atoms with Gasteiger partial charge in [0.05, 0.1) is 12.6 Å². The molecule has 1 heterocycles. The number of benzene rings is 1. The minimum atomic E-state index is -0.324. The van der Waals surface area contributed by atoms with Crippen LogP contribution in [0.25, 0.3) is 0 Å². The fraction of sp³-hybridized carbons (Fsp3) is 0.550. The Morgan fingerprint density at radius 2 is 1.89 bits per heavy atom. The second-order valence-electron chi connectivity index (χ2n) is 7.68. The molecule has 1 saturated carbocycles. The van der Waals surface area contributed by atoms with E-state index in [-0.39, 0.29) is 17.2 Å². The molecule has 148 valence electrons. The molecule has 1 aromatic carbocycles. The lowest BCUT2D eigenvalue weighted by atomic mass is 10.0. The number of hydrogen-bond donors (Lipinski definition) is 3. The van der Waals surface area contributed by atoms with E-state index >= 15 is 0 Å². The van der Waals surface area contributed by atoms with Gasteiger partial charge in [0.15, 0.2) is 11.5 Å². The molecule has 3 N–H and O–H groups in total. The highest BCUT2D eigenvalue weighted by atomic mass is 32.1. The van der Waals surface area contributed by atoms with E-state index in [1.54, 1.807) is 11.3 Å². The van der Waals surface area contributed by atoms with Gasteiger partial charge in [-0.25, -0.2) is 4.68 Å². The lowest BCUT2D eigenvalue weighted by Crippen LogP contribution is -2.38. The van der Waals surface area contributed by atoms with E-state index in [1.165, 1.54) is 25.0 Å². The summed E-state index contributed by atoms with van der Waals surface area (Å²) in [6.45, 7) is 6.95. The number of aromatic nitrogens is 1. The Kier molecular flexibility index (Phi) is 5.69. The van der Waals surface area contributed by atoms with Crippen LogP contribution in [0.4, 0.5) is 0 Å². The highest BCUT2D eigenvalue weighted by Gasteiger charge is 2.30. The normalized spacial score (nSPS) is 23.1. The van der Waals surface area contributed by atoms with Crippen molar-refractivity contribution in [3.63, 3.8) is 0 Å². The standard InChI is InChI=1S/C20H29N3O3S/c1-5-14-6-12(2)16(7-14)21-20-23(13(3)11-27-20)22(4)10-15-8-18(25)19(26)9-17(15)24/h8-9,11-12,14,16,24-26H,5-7,10H2,1-4H3/b21-20-. The molecule has 1 aromatic heterocycles. The van der Waals surface area contributed by atoms with Crippen molar-refractivity contribution in [2.24, 2.45) is 16.8 Å². The lowest BCUT2D eigenvalue weighted by Gasteiger charge is -2.23. The Morgan fingerprint density at radius 3 is 2.56 bits per heavy atom. The third-order valence-electron chi connectivity index (χ3n) is 5.56. The predicted octanol–water partition coefficient (Wildman–Crippen LogP) is 3.47. The molecule has 2 aromatic rings. The van der Waals surface area contributed by atoms with Gasteiger partial charge in [-0.3, -0.25) is 4.99 Å². The van der Waals surface area contributed by atoms with Gasteiger partial charge in [-0.1, -0.05) is 20.3 Å². The third-order valence-corrected chi connectivity index (χ3v) is 6.51. The summed E-state index contributed by atoms with van der Waals surface area (Å²) in [7, 11) is 1.93. The van der Waals surface area contributed by atoms with E-state index in [2.05, 4.69) is 23.9 Å². The van der Waals surface area contributed by atoms with Gasteiger partial charge >= 0.3 is 0 Å². The molecule has 27 heavy (non-hydrogen) atoms. The fourth-order valence-electron chi connectivity index (χ4n) is 3.95. The number of rotatable bonds is 5. The minimum Gasteiger partial charge on any atom is -0.507 e. The average molecular weight is 392 g/mol. The molecule has 1 aliphatic carbocycles. The Bertz CT molecular complexity index is 874. The molecular weight excluding hydrogens is 362 g/mol. The first kappa shape index (κ1) is 19.6. The summed E-state index contributed by atoms with van der Waals surface area (Å²) in [6.07, 6.45) is 3.60. The van der Waals surface area contributed by atoms with Crippen molar-refractivity contribution in [1.29, 1.82) is 0 Å². The molecule has 6 nitrogen and oxygen atoms in total. The van der Waals surface area contributed by atoms with Crippen molar-refractivity contribution in [3.8, 4) is 17.2 Å². The molecule has 0 bridgehead atoms. The van der Waals surface area contributed by atoms with Gasteiger partial charge in [-0.05, 0) is 37.7 Å². The maximum Gasteiger partial charge on any atom is 0.204 e. The van der Waals surface area contributed by atoms with Crippen LogP contribution in [-0.4, -0.2) is 33.1 Å². The smallest absolute Gasteiger partial charge is 0.204 e. The topological polar surface area (TPSA) is 81.2 Å². The van der Waals surface area contributed by atoms with Gasteiger partial charge in [0.1, 0.15) is 5.75 Å². The highest BCUT2D eigenvalue weighted by Crippen LogP contribution is 2.35. The quantitative estimate of drug-likeness (QED) is 0.538. The Labute approximate surface area is 164 Å². The first-order valence-corrected chi connectivity index (χ1v) is 10.3. The second kappa shape index (κ2) is 7.84. The number of nitrogens with zero attached hydrogens (tertiary/aromatic N) is 3. The number of thiazole rings is 1. The molecule has 3 rings (SSSR count). The fourth-order valence-corrected chi connectivity index (χ4v) is 4.91. The Balaban J connectivity index is 1.88. The van der Waals surface area contributed by atoms with Crippen molar-refractivity contribution < 1.29 is 15.3 Å². The molecule has 1 aliphatic rings. The minimum absolute atomic E-state index is 0.0423. The van der Waals surface area contributed by atoms with E-state index in [0.717, 1.165) is 22.8 Å². The van der Waals surface area contributed by atoms with Crippen molar-refractivity contribution in [1.82, 2.24) is 4.68 Å². The second-order valence-corrected chi connectivity index (χ2v) is 8.51. The first-order chi connectivity index (χ1) is 12.8. The van der Waals surface area contributed by atoms with Gasteiger partial charge in [0, 0.05) is 29.8 Å². The lowest BCUT2D eigenvalue weighted by molar-refractivity contribution is 0.393. The molecule has 0 saturated heterocycles. The van der Waals surface area contributed by atoms with Crippen molar-refractivity contribution in [2.75, 3.05) is 12.1 Å². The Morgan fingerprint density at radius 1 is 1.19 bits per heavy atom. The van der Waals surface area contributed by atoms with Gasteiger partial charge < -0.3 is 20.3 Å². The molecule has 7 heteroatoms. The maximum absolute atomic E-state index is 10.1. The molecule has 0 spiro atoms. The molecular formula is C20H29N3O3S. The van der Waals surface area contributed by atoms with Gasteiger partial charge in [-0.15, -0.1) is 11.3 Å². The summed E-state index contributed by atoms with van der Waals surface area (Å²) in [6, 6.07) is 2.91. The zero-order chi connectivity index (χ0) is 19.7. The number of phenolic OH excluding ortho intramolecular Hbond substituents is 3. The monoisotopic (exact) mass is 391 g/mol. The number of hydrogen-bond acceptors (Lipinski definition) is 6. The average Bonchev–Trinajstić information content (AvgIpc) is 3.15. The molecule has 3 unspecified atom stereocenters. The van der Waals surface area contributed by atoms with Crippen LogP contribution in [-0.2, 0) is 6.54 Å². The summed E-state index contributed by atoms with van der Waals surface area (Å²) >= 11 is 1.63. The molecule has 0 amide bonds. The third kappa shape index (κ3) is 4.08. The maximum atomic E-state index is 10.1. The van der Waals surface area contributed by atoms with Gasteiger partial charge in [-0.2, -0.15) is 0 Å². The highest BCUT2D eigenvalue weighted by molar-refractivity contribution is 7.07. The van der Waals surface area contributed by atoms with Crippen LogP contribution in [0.2, 0.25) is 0 Å². The molecule has 0 radical (unpaired) electrons. The van der Waals surface area contributed by atoms with E-state index in [0.29, 0.717) is 24.1 Å². The molecule has 0 aliphatic heterocycles. The van der Waals surface area contributed by atoms with Crippen LogP contribution in [0.1, 0.15) is 44.4 Å². The van der Waals surface area contributed by atoms with Crippen LogP contribution in [0, 0.1) is 18.8 Å². The molecule has 3 atom stereocenters. The summed E-state index contributed by atoms with van der Waals surface area (Å²) < 4.78 is 2.06. The largest absolute Gasteiger partial charge is 0.507 e. The zero-order valence-electron chi connectivity index (χ0n) is 16.4. The summed E-state index contributed by atoms with van der Waals surface area (Å²) in [4.78, 5) is 6.01.